The van der Waals surface area contributed by atoms with E-state index in [1.54, 1.807) is 43.4 Å². The van der Waals surface area contributed by atoms with Gasteiger partial charge in [-0.2, -0.15) is 0 Å². The van der Waals surface area contributed by atoms with Crippen molar-refractivity contribution in [1.82, 2.24) is 4.98 Å². The van der Waals surface area contributed by atoms with Gasteiger partial charge in [0.15, 0.2) is 16.7 Å². The van der Waals surface area contributed by atoms with Crippen molar-refractivity contribution < 1.29 is 14.2 Å². The summed E-state index contributed by atoms with van der Waals surface area (Å²) in [5.74, 6) is 1.23. The van der Waals surface area contributed by atoms with E-state index >= 15 is 0 Å². The first kappa shape index (κ1) is 32.9. The number of aryl methyl sites for hydroxylation is 2. The van der Waals surface area contributed by atoms with E-state index in [9.17, 15) is 0 Å². The fourth-order valence-electron chi connectivity index (χ4n) is 5.01. The molecule has 1 aromatic heterocycles. The Morgan fingerprint density at radius 2 is 1.47 bits per heavy atom. The maximum absolute atomic E-state index is 7.80. The van der Waals surface area contributed by atoms with E-state index in [-0.39, 0.29) is 11.0 Å². The Labute approximate surface area is 287 Å². The fraction of sp³-hybridized carbons (Fsp3) is 0.182. The summed E-state index contributed by atoms with van der Waals surface area (Å²) in [5.41, 5.74) is 4.93. The van der Waals surface area contributed by atoms with Crippen LogP contribution in [0.5, 0.6) is 11.5 Å². The molecule has 1 unspecified atom stereocenters. The monoisotopic (exact) mass is 703 g/mol. The molecule has 7 nitrogen and oxygen atoms in total. The molecule has 0 bridgehead atoms. The first-order valence-electron chi connectivity index (χ1n) is 13.5. The molecule has 1 aliphatic rings. The van der Waals surface area contributed by atoms with Gasteiger partial charge in [-0.15, -0.1) is 0 Å². The summed E-state index contributed by atoms with van der Waals surface area (Å²) in [6.45, 7) is 3.85. The quantitative estimate of drug-likeness (QED) is 0.102. The number of allylic oxidation sites excluding steroid dienone is 2. The number of rotatable bonds is 9. The highest BCUT2D eigenvalue weighted by atomic mass is 35.5. The molecule has 0 saturated heterocycles. The van der Waals surface area contributed by atoms with Crippen LogP contribution < -0.4 is 25.0 Å². The lowest BCUT2D eigenvalue weighted by Gasteiger charge is -2.46. The lowest BCUT2D eigenvalue weighted by atomic mass is 9.97. The summed E-state index contributed by atoms with van der Waals surface area (Å²) >= 11 is 33.7. The van der Waals surface area contributed by atoms with Crippen LogP contribution in [-0.4, -0.2) is 31.4 Å². The predicted molar refractivity (Wildman–Crippen MR) is 185 cm³/mol. The van der Waals surface area contributed by atoms with E-state index in [2.05, 4.69) is 21.7 Å². The maximum atomic E-state index is 7.80. The number of alkyl halides is 1. The van der Waals surface area contributed by atoms with Crippen molar-refractivity contribution in [2.75, 3.05) is 36.9 Å². The molecule has 5 rings (SSSR count). The molecule has 1 radical (unpaired) electrons. The van der Waals surface area contributed by atoms with Crippen molar-refractivity contribution in [3.8, 4) is 11.5 Å². The van der Waals surface area contributed by atoms with Crippen LogP contribution in [0, 0.1) is 19.9 Å². The van der Waals surface area contributed by atoms with Gasteiger partial charge >= 0.3 is 0 Å². The third-order valence-electron chi connectivity index (χ3n) is 7.14. The van der Waals surface area contributed by atoms with Crippen LogP contribution in [-0.2, 0) is 4.74 Å². The summed E-state index contributed by atoms with van der Waals surface area (Å²) in [6, 6.07) is 18.1. The number of hydrogen-bond donors (Lipinski definition) is 2. The summed E-state index contributed by atoms with van der Waals surface area (Å²) in [4.78, 5) is 5.99. The van der Waals surface area contributed by atoms with E-state index in [1.165, 1.54) is 13.3 Å². The molecular weight excluding hydrogens is 678 g/mol. The minimum absolute atomic E-state index is 0.120. The fourth-order valence-corrected chi connectivity index (χ4v) is 6.17. The maximum Gasteiger partial charge on any atom is 0.238 e. The zero-order valence-electron chi connectivity index (χ0n) is 24.9. The Bertz CT molecular complexity index is 1830. The molecule has 1 atom stereocenters. The molecule has 0 saturated carbocycles. The molecule has 0 fully saturated rings. The molecule has 0 amide bonds. The standard InChI is InChI=1S/C33H28Cl5N4O3/c1-18-13-20(34)9-11-25(18)40-29-16-24(23-7-6-8-28(43-3)30(23)44-4)32(45-5)42(27-15-22(36)17-39-31(27)37)33(29,38)41-26-12-10-21(35)14-19(26)2/h6-15,17,40-41H,1-5H3. The number of aromatic nitrogens is 1. The Morgan fingerprint density at radius 1 is 0.800 bits per heavy atom. The zero-order valence-corrected chi connectivity index (χ0v) is 28.6. The summed E-state index contributed by atoms with van der Waals surface area (Å²) in [7, 11) is 4.65. The zero-order chi connectivity index (χ0) is 32.5. The number of pyridine rings is 1. The average Bonchev–Trinajstić information content (AvgIpc) is 3.01. The number of methoxy groups -OCH3 is 3. The van der Waals surface area contributed by atoms with E-state index in [4.69, 9.17) is 72.2 Å². The van der Waals surface area contributed by atoms with Crippen LogP contribution in [0.15, 0.2) is 78.4 Å². The van der Waals surface area contributed by atoms with Crippen LogP contribution in [0.4, 0.5) is 17.1 Å². The lowest BCUT2D eigenvalue weighted by molar-refractivity contribution is 0.272. The SMILES string of the molecule is COC1=C(c2cccc(OC)c2OC)[C]=C(Nc2ccc(Cl)cc2C)C(Cl)(Nc2ccc(Cl)cc2C)N1c1cc(Cl)cnc1Cl. The number of nitrogens with zero attached hydrogens (tertiary/aromatic N) is 2. The van der Waals surface area contributed by atoms with E-state index in [0.717, 1.165) is 16.8 Å². The third kappa shape index (κ3) is 6.46. The predicted octanol–water partition coefficient (Wildman–Crippen LogP) is 9.97. The molecule has 0 aliphatic carbocycles. The van der Waals surface area contributed by atoms with Crippen molar-refractivity contribution in [3.05, 3.63) is 121 Å². The summed E-state index contributed by atoms with van der Waals surface area (Å²) in [6.07, 6.45) is 4.94. The van der Waals surface area contributed by atoms with Crippen LogP contribution in [0.2, 0.25) is 20.2 Å². The van der Waals surface area contributed by atoms with Gasteiger partial charge in [-0.05, 0) is 73.5 Å². The summed E-state index contributed by atoms with van der Waals surface area (Å²) in [5, 5.41) is 6.92. The van der Waals surface area contributed by atoms with E-state index < -0.39 is 5.12 Å². The topological polar surface area (TPSA) is 67.9 Å². The van der Waals surface area contributed by atoms with Gasteiger partial charge in [-0.1, -0.05) is 70.1 Å². The molecule has 233 valence electrons. The van der Waals surface area contributed by atoms with Crippen LogP contribution in [0.3, 0.4) is 0 Å². The molecule has 0 spiro atoms. The Balaban J connectivity index is 1.86. The number of nitrogens with one attached hydrogen (secondary N) is 2. The van der Waals surface area contributed by atoms with E-state index in [0.29, 0.717) is 54.8 Å². The van der Waals surface area contributed by atoms with Gasteiger partial charge in [0.05, 0.1) is 43.3 Å². The first-order valence-corrected chi connectivity index (χ1v) is 15.4. The Morgan fingerprint density at radius 3 is 2.07 bits per heavy atom. The largest absolute Gasteiger partial charge is 0.493 e. The number of benzene rings is 3. The molecular formula is C33H28Cl5N4O3. The molecule has 45 heavy (non-hydrogen) atoms. The number of halogens is 5. The van der Waals surface area contributed by atoms with Gasteiger partial charge in [-0.3, -0.25) is 4.90 Å². The van der Waals surface area contributed by atoms with Crippen LogP contribution >= 0.6 is 58.0 Å². The van der Waals surface area contributed by atoms with Crippen LogP contribution in [0.1, 0.15) is 16.7 Å². The average molecular weight is 706 g/mol. The lowest BCUT2D eigenvalue weighted by Crippen LogP contribution is -2.55. The Kier molecular flexibility index (Phi) is 9.87. The molecule has 2 heterocycles. The second-order valence-corrected chi connectivity index (χ2v) is 12.2. The number of ether oxygens (including phenoxy) is 3. The number of anilines is 3. The highest BCUT2D eigenvalue weighted by Gasteiger charge is 2.48. The third-order valence-corrected chi connectivity index (χ3v) is 8.56. The van der Waals surface area contributed by atoms with E-state index in [1.807, 2.05) is 50.2 Å². The number of para-hydroxylation sites is 1. The molecule has 2 N–H and O–H groups in total. The second kappa shape index (κ2) is 13.5. The highest BCUT2D eigenvalue weighted by molar-refractivity contribution is 6.35. The van der Waals surface area contributed by atoms with Crippen molar-refractivity contribution in [3.63, 3.8) is 0 Å². The van der Waals surface area contributed by atoms with Crippen molar-refractivity contribution in [2.24, 2.45) is 0 Å². The summed E-state index contributed by atoms with van der Waals surface area (Å²) < 4.78 is 17.6. The van der Waals surface area contributed by atoms with Gasteiger partial charge in [0.2, 0.25) is 11.0 Å². The number of hydrogen-bond acceptors (Lipinski definition) is 7. The van der Waals surface area contributed by atoms with Crippen molar-refractivity contribution >= 4 is 80.6 Å². The molecule has 4 aromatic rings. The van der Waals surface area contributed by atoms with Gasteiger partial charge in [-0.25, -0.2) is 4.98 Å². The molecule has 1 aliphatic heterocycles. The minimum Gasteiger partial charge on any atom is -0.493 e. The molecule has 12 heteroatoms. The first-order chi connectivity index (χ1) is 21.5. The molecule has 3 aromatic carbocycles. The van der Waals surface area contributed by atoms with Crippen molar-refractivity contribution in [2.45, 2.75) is 19.0 Å². The Hall–Kier alpha value is -3.46. The highest BCUT2D eigenvalue weighted by Crippen LogP contribution is 2.49. The van der Waals surface area contributed by atoms with Gasteiger partial charge in [0.1, 0.15) is 0 Å². The van der Waals surface area contributed by atoms with Crippen LogP contribution in [0.25, 0.3) is 5.57 Å². The smallest absolute Gasteiger partial charge is 0.238 e. The van der Waals surface area contributed by atoms with Gasteiger partial charge in [0, 0.05) is 39.3 Å². The van der Waals surface area contributed by atoms with Crippen molar-refractivity contribution in [1.29, 1.82) is 0 Å². The minimum atomic E-state index is -1.67. The second-order valence-electron chi connectivity index (χ2n) is 10.0. The normalized spacial score (nSPS) is 16.3. The van der Waals surface area contributed by atoms with Gasteiger partial charge < -0.3 is 24.8 Å². The van der Waals surface area contributed by atoms with Gasteiger partial charge in [0.25, 0.3) is 0 Å².